The van der Waals surface area contributed by atoms with Crippen LogP contribution in [0.25, 0.3) is 0 Å². The van der Waals surface area contributed by atoms with Gasteiger partial charge in [-0.05, 0) is 31.7 Å². The molecule has 0 aliphatic carbocycles. The first-order chi connectivity index (χ1) is 7.00. The van der Waals surface area contributed by atoms with E-state index in [9.17, 15) is 4.79 Å². The van der Waals surface area contributed by atoms with Crippen molar-refractivity contribution in [2.24, 2.45) is 0 Å². The number of nitrogens with two attached hydrogens (primary N) is 1. The summed E-state index contributed by atoms with van der Waals surface area (Å²) >= 11 is 0. The Morgan fingerprint density at radius 3 is 2.47 bits per heavy atom. The Morgan fingerprint density at radius 1 is 1.47 bits per heavy atom. The van der Waals surface area contributed by atoms with Crippen LogP contribution in [0.15, 0.2) is 24.3 Å². The number of likely N-dealkylation sites (N-methyl/N-ethyl adjacent to an activating group) is 1. The number of nitrogens with zero attached hydrogens (tertiary/aromatic N) is 1. The monoisotopic (exact) mass is 208 g/mol. The van der Waals surface area contributed by atoms with Gasteiger partial charge in [0.1, 0.15) is 6.04 Å². The number of benzene rings is 1. The van der Waals surface area contributed by atoms with E-state index in [0.717, 1.165) is 5.56 Å². The van der Waals surface area contributed by atoms with Crippen molar-refractivity contribution in [2.75, 3.05) is 12.8 Å². The lowest BCUT2D eigenvalue weighted by atomic mass is 10.2. The quantitative estimate of drug-likeness (QED) is 0.729. The molecule has 1 aromatic carbocycles. The van der Waals surface area contributed by atoms with Crippen molar-refractivity contribution < 1.29 is 9.90 Å². The number of hydrogen-bond donors (Lipinski definition) is 2. The highest BCUT2D eigenvalue weighted by Crippen LogP contribution is 2.09. The molecule has 1 atom stereocenters. The van der Waals surface area contributed by atoms with Crippen LogP contribution in [0.1, 0.15) is 12.5 Å². The molecule has 82 valence electrons. The van der Waals surface area contributed by atoms with Crippen LogP contribution in [0.5, 0.6) is 0 Å². The molecular formula is C11H16N2O2. The van der Waals surface area contributed by atoms with Gasteiger partial charge in [-0.15, -0.1) is 0 Å². The second kappa shape index (κ2) is 4.79. The van der Waals surface area contributed by atoms with Crippen LogP contribution in [0.3, 0.4) is 0 Å². The molecule has 0 bridgehead atoms. The minimum absolute atomic E-state index is 0.484. The summed E-state index contributed by atoms with van der Waals surface area (Å²) in [5.74, 6) is -0.812. The van der Waals surface area contributed by atoms with Crippen LogP contribution in [-0.2, 0) is 11.3 Å². The smallest absolute Gasteiger partial charge is 0.320 e. The fourth-order valence-corrected chi connectivity index (χ4v) is 1.24. The number of rotatable bonds is 4. The largest absolute Gasteiger partial charge is 0.480 e. The molecule has 1 unspecified atom stereocenters. The second-order valence-corrected chi connectivity index (χ2v) is 3.67. The van der Waals surface area contributed by atoms with Gasteiger partial charge in [-0.1, -0.05) is 12.1 Å². The Morgan fingerprint density at radius 2 is 2.00 bits per heavy atom. The Kier molecular flexibility index (Phi) is 3.68. The fourth-order valence-electron chi connectivity index (χ4n) is 1.24. The lowest BCUT2D eigenvalue weighted by molar-refractivity contribution is -0.142. The van der Waals surface area contributed by atoms with E-state index in [0.29, 0.717) is 12.2 Å². The van der Waals surface area contributed by atoms with Crippen LogP contribution in [0.4, 0.5) is 5.69 Å². The summed E-state index contributed by atoms with van der Waals surface area (Å²) < 4.78 is 0. The van der Waals surface area contributed by atoms with E-state index in [1.807, 2.05) is 24.3 Å². The summed E-state index contributed by atoms with van der Waals surface area (Å²) in [6, 6.07) is 6.95. The Balaban J connectivity index is 2.62. The molecule has 1 aromatic rings. The van der Waals surface area contributed by atoms with Gasteiger partial charge in [0.2, 0.25) is 0 Å². The third-order valence-corrected chi connectivity index (χ3v) is 2.43. The molecule has 0 amide bonds. The van der Waals surface area contributed by atoms with Crippen molar-refractivity contribution in [3.05, 3.63) is 29.8 Å². The van der Waals surface area contributed by atoms with E-state index in [1.165, 1.54) is 0 Å². The average Bonchev–Trinajstić information content (AvgIpc) is 2.20. The van der Waals surface area contributed by atoms with Crippen LogP contribution < -0.4 is 5.73 Å². The van der Waals surface area contributed by atoms with Gasteiger partial charge in [0.25, 0.3) is 0 Å². The molecule has 0 spiro atoms. The molecule has 4 nitrogen and oxygen atoms in total. The van der Waals surface area contributed by atoms with Gasteiger partial charge in [0, 0.05) is 12.2 Å². The van der Waals surface area contributed by atoms with Crippen LogP contribution in [0.2, 0.25) is 0 Å². The van der Waals surface area contributed by atoms with Crippen molar-refractivity contribution in [3.8, 4) is 0 Å². The van der Waals surface area contributed by atoms with Crippen LogP contribution >= 0.6 is 0 Å². The first-order valence-electron chi connectivity index (χ1n) is 4.78. The van der Waals surface area contributed by atoms with Crippen LogP contribution in [-0.4, -0.2) is 29.1 Å². The summed E-state index contributed by atoms with van der Waals surface area (Å²) in [5.41, 5.74) is 7.33. The molecule has 3 N–H and O–H groups in total. The third kappa shape index (κ3) is 3.25. The lowest BCUT2D eigenvalue weighted by Crippen LogP contribution is -2.35. The highest BCUT2D eigenvalue weighted by atomic mass is 16.4. The topological polar surface area (TPSA) is 66.6 Å². The third-order valence-electron chi connectivity index (χ3n) is 2.43. The summed E-state index contributed by atoms with van der Waals surface area (Å²) in [5, 5.41) is 8.81. The van der Waals surface area contributed by atoms with Crippen molar-refractivity contribution in [1.29, 1.82) is 0 Å². The molecule has 0 aliphatic heterocycles. The summed E-state index contributed by atoms with van der Waals surface area (Å²) in [6.07, 6.45) is 0. The van der Waals surface area contributed by atoms with E-state index in [1.54, 1.807) is 18.9 Å². The number of hydrogen-bond acceptors (Lipinski definition) is 3. The van der Waals surface area contributed by atoms with Gasteiger partial charge in [-0.3, -0.25) is 9.69 Å². The van der Waals surface area contributed by atoms with Gasteiger partial charge in [0.05, 0.1) is 0 Å². The average molecular weight is 208 g/mol. The molecule has 0 aromatic heterocycles. The Labute approximate surface area is 89.3 Å². The minimum Gasteiger partial charge on any atom is -0.480 e. The molecule has 0 radical (unpaired) electrons. The molecule has 0 heterocycles. The lowest BCUT2D eigenvalue weighted by Gasteiger charge is -2.20. The van der Waals surface area contributed by atoms with Gasteiger partial charge in [0.15, 0.2) is 0 Å². The zero-order valence-corrected chi connectivity index (χ0v) is 8.97. The fraction of sp³-hybridized carbons (Fsp3) is 0.364. The summed E-state index contributed by atoms with van der Waals surface area (Å²) in [7, 11) is 1.79. The number of carbonyl (C=O) groups is 1. The van der Waals surface area contributed by atoms with E-state index in [4.69, 9.17) is 10.8 Å². The molecular weight excluding hydrogens is 192 g/mol. The number of carboxylic acid groups (broad SMARTS) is 1. The normalized spacial score (nSPS) is 12.7. The van der Waals surface area contributed by atoms with Crippen molar-refractivity contribution >= 4 is 11.7 Å². The maximum Gasteiger partial charge on any atom is 0.320 e. The predicted molar refractivity (Wildman–Crippen MR) is 59.4 cm³/mol. The predicted octanol–water partition coefficient (Wildman–Crippen LogP) is 1.17. The number of anilines is 1. The Hall–Kier alpha value is -1.55. The van der Waals surface area contributed by atoms with E-state index < -0.39 is 12.0 Å². The molecule has 1 rings (SSSR count). The molecule has 15 heavy (non-hydrogen) atoms. The molecule has 4 heteroatoms. The summed E-state index contributed by atoms with van der Waals surface area (Å²) in [4.78, 5) is 12.5. The molecule has 0 saturated heterocycles. The zero-order chi connectivity index (χ0) is 11.4. The van der Waals surface area contributed by atoms with Gasteiger partial charge in [-0.2, -0.15) is 0 Å². The second-order valence-electron chi connectivity index (χ2n) is 3.67. The van der Waals surface area contributed by atoms with Crippen molar-refractivity contribution in [2.45, 2.75) is 19.5 Å². The van der Waals surface area contributed by atoms with E-state index in [2.05, 4.69) is 0 Å². The highest BCUT2D eigenvalue weighted by molar-refractivity contribution is 5.72. The Bertz CT molecular complexity index is 335. The van der Waals surface area contributed by atoms with E-state index in [-0.39, 0.29) is 0 Å². The maximum atomic E-state index is 10.7. The number of nitrogen functional groups attached to an aromatic ring is 1. The first-order valence-corrected chi connectivity index (χ1v) is 4.78. The molecule has 0 fully saturated rings. The highest BCUT2D eigenvalue weighted by Gasteiger charge is 2.16. The molecule has 0 aliphatic rings. The number of carboxylic acids is 1. The minimum atomic E-state index is -0.812. The molecule has 0 saturated carbocycles. The van der Waals surface area contributed by atoms with Gasteiger partial charge >= 0.3 is 5.97 Å². The SMILES string of the molecule is CC(C(=O)O)N(C)Cc1ccc(N)cc1. The number of aliphatic carboxylic acids is 1. The first kappa shape index (κ1) is 11.5. The van der Waals surface area contributed by atoms with Crippen molar-refractivity contribution in [1.82, 2.24) is 4.90 Å². The zero-order valence-electron chi connectivity index (χ0n) is 8.97. The van der Waals surface area contributed by atoms with Gasteiger partial charge < -0.3 is 10.8 Å². The van der Waals surface area contributed by atoms with E-state index >= 15 is 0 Å². The van der Waals surface area contributed by atoms with Crippen molar-refractivity contribution in [3.63, 3.8) is 0 Å². The van der Waals surface area contributed by atoms with Gasteiger partial charge in [-0.25, -0.2) is 0 Å². The summed E-state index contributed by atoms with van der Waals surface area (Å²) in [6.45, 7) is 2.27. The maximum absolute atomic E-state index is 10.7. The standard InChI is InChI=1S/C11H16N2O2/c1-8(11(14)15)13(2)7-9-3-5-10(12)6-4-9/h3-6,8H,7,12H2,1-2H3,(H,14,15). The van der Waals surface area contributed by atoms with Crippen LogP contribution in [0, 0.1) is 0 Å².